The van der Waals surface area contributed by atoms with Gasteiger partial charge in [-0.2, -0.15) is 13.2 Å². The first-order chi connectivity index (χ1) is 20.1. The van der Waals surface area contributed by atoms with Gasteiger partial charge in [-0.3, -0.25) is 13.9 Å². The third-order valence-electron chi connectivity index (χ3n) is 6.51. The molecule has 43 heavy (non-hydrogen) atoms. The number of sulfonamides is 1. The molecule has 0 bridgehead atoms. The van der Waals surface area contributed by atoms with E-state index in [1.165, 1.54) is 41.3 Å². The van der Waals surface area contributed by atoms with E-state index >= 15 is 0 Å². The second-order valence-electron chi connectivity index (χ2n) is 9.58. The summed E-state index contributed by atoms with van der Waals surface area (Å²) in [6, 6.07) is 11.8. The fraction of sp³-hybridized carbons (Fsp3) is 0.310. The lowest BCUT2D eigenvalue weighted by Crippen LogP contribution is -2.52. The Labute approximate surface area is 263 Å². The van der Waals surface area contributed by atoms with Crippen LogP contribution in [0.25, 0.3) is 0 Å². The number of likely N-dealkylation sites (N-methyl/N-ethyl adjacent to an activating group) is 1. The van der Waals surface area contributed by atoms with E-state index in [-0.39, 0.29) is 34.5 Å². The maximum Gasteiger partial charge on any atom is 0.417 e. The number of carbonyl (C=O) groups is 2. The van der Waals surface area contributed by atoms with Gasteiger partial charge in [0.25, 0.3) is 10.0 Å². The lowest BCUT2D eigenvalue weighted by molar-refractivity contribution is -0.140. The third-order valence-corrected chi connectivity index (χ3v) is 9.36. The van der Waals surface area contributed by atoms with Gasteiger partial charge in [-0.1, -0.05) is 65.5 Å². The predicted molar refractivity (Wildman–Crippen MR) is 162 cm³/mol. The summed E-state index contributed by atoms with van der Waals surface area (Å²) in [4.78, 5) is 27.9. The maximum atomic E-state index is 14.0. The Hall–Kier alpha value is -2.99. The zero-order valence-electron chi connectivity index (χ0n) is 23.4. The molecule has 0 aliphatic rings. The number of halogens is 6. The van der Waals surface area contributed by atoms with E-state index in [1.807, 2.05) is 0 Å². The Balaban J connectivity index is 2.16. The molecule has 0 aliphatic carbocycles. The van der Waals surface area contributed by atoms with E-state index in [0.29, 0.717) is 15.9 Å². The number of anilines is 1. The summed E-state index contributed by atoms with van der Waals surface area (Å²) < 4.78 is 69.7. The summed E-state index contributed by atoms with van der Waals surface area (Å²) >= 11 is 18.0. The number of hydrogen-bond donors (Lipinski definition) is 1. The standard InChI is InChI=1S/C29H29Cl3F3N3O4S/c1-4-26(28(40)36-5-2)37(16-19-8-12-24(31)25(32)14-19)27(39)17-38(43(41,42)21-10-6-18(3)7-11-21)20-9-13-23(30)22(15-20)29(33,34)35/h6-15,26H,4-5,16-17H2,1-3H3,(H,36,40). The van der Waals surface area contributed by atoms with Crippen LogP contribution in [0.15, 0.2) is 65.6 Å². The molecule has 0 saturated carbocycles. The van der Waals surface area contributed by atoms with Crippen LogP contribution in [0.1, 0.15) is 37.0 Å². The normalized spacial score (nSPS) is 12.5. The van der Waals surface area contributed by atoms with Crippen LogP contribution >= 0.6 is 34.8 Å². The molecule has 1 unspecified atom stereocenters. The molecule has 0 spiro atoms. The molecule has 3 rings (SSSR count). The topological polar surface area (TPSA) is 86.8 Å². The third kappa shape index (κ3) is 8.35. The molecule has 0 radical (unpaired) electrons. The molecule has 2 amide bonds. The number of amides is 2. The second kappa shape index (κ2) is 14.2. The average molecular weight is 679 g/mol. The van der Waals surface area contributed by atoms with Crippen LogP contribution in [0.4, 0.5) is 18.9 Å². The van der Waals surface area contributed by atoms with Gasteiger partial charge in [-0.25, -0.2) is 8.42 Å². The van der Waals surface area contributed by atoms with Crippen LogP contribution in [-0.2, 0) is 32.3 Å². The van der Waals surface area contributed by atoms with Gasteiger partial charge in [-0.15, -0.1) is 0 Å². The number of carbonyl (C=O) groups excluding carboxylic acids is 2. The van der Waals surface area contributed by atoms with Gasteiger partial charge < -0.3 is 10.2 Å². The Morgan fingerprint density at radius 3 is 2.09 bits per heavy atom. The van der Waals surface area contributed by atoms with Crippen molar-refractivity contribution in [2.45, 2.75) is 50.9 Å². The van der Waals surface area contributed by atoms with Crippen LogP contribution in [0, 0.1) is 6.92 Å². The number of hydrogen-bond acceptors (Lipinski definition) is 4. The van der Waals surface area contributed by atoms with Crippen LogP contribution in [0.2, 0.25) is 15.1 Å². The minimum Gasteiger partial charge on any atom is -0.355 e. The van der Waals surface area contributed by atoms with Crippen molar-refractivity contribution < 1.29 is 31.2 Å². The highest BCUT2D eigenvalue weighted by molar-refractivity contribution is 7.92. The molecule has 232 valence electrons. The van der Waals surface area contributed by atoms with Gasteiger partial charge in [-0.05, 0) is 68.3 Å². The van der Waals surface area contributed by atoms with Crippen molar-refractivity contribution >= 4 is 62.3 Å². The molecule has 3 aromatic carbocycles. The first-order valence-electron chi connectivity index (χ1n) is 13.1. The first kappa shape index (κ1) is 34.5. The van der Waals surface area contributed by atoms with E-state index in [2.05, 4.69) is 5.32 Å². The molecular formula is C29H29Cl3F3N3O4S. The number of nitrogens with one attached hydrogen (secondary N) is 1. The molecule has 14 heteroatoms. The van der Waals surface area contributed by atoms with E-state index in [1.54, 1.807) is 26.8 Å². The summed E-state index contributed by atoms with van der Waals surface area (Å²) in [6.45, 7) is 4.28. The average Bonchev–Trinajstić information content (AvgIpc) is 2.93. The van der Waals surface area contributed by atoms with Crippen molar-refractivity contribution in [2.24, 2.45) is 0 Å². The van der Waals surface area contributed by atoms with Crippen LogP contribution in [0.3, 0.4) is 0 Å². The molecule has 3 aromatic rings. The highest BCUT2D eigenvalue weighted by atomic mass is 35.5. The molecule has 7 nitrogen and oxygen atoms in total. The van der Waals surface area contributed by atoms with Crippen molar-refractivity contribution in [3.05, 3.63) is 92.4 Å². The van der Waals surface area contributed by atoms with Crippen molar-refractivity contribution in [2.75, 3.05) is 17.4 Å². The SMILES string of the molecule is CCNC(=O)C(CC)N(Cc1ccc(Cl)c(Cl)c1)C(=O)CN(c1ccc(Cl)c(C(F)(F)F)c1)S(=O)(=O)c1ccc(C)cc1. The first-order valence-corrected chi connectivity index (χ1v) is 15.6. The van der Waals surface area contributed by atoms with Gasteiger partial charge in [0.05, 0.1) is 31.2 Å². The zero-order chi connectivity index (χ0) is 32.1. The summed E-state index contributed by atoms with van der Waals surface area (Å²) in [5.74, 6) is -1.33. The molecule has 0 aliphatic heterocycles. The van der Waals surface area contributed by atoms with Gasteiger partial charge in [0.15, 0.2) is 0 Å². The highest BCUT2D eigenvalue weighted by Crippen LogP contribution is 2.38. The van der Waals surface area contributed by atoms with Crippen LogP contribution in [0.5, 0.6) is 0 Å². The smallest absolute Gasteiger partial charge is 0.355 e. The van der Waals surface area contributed by atoms with E-state index in [0.717, 1.165) is 17.7 Å². The molecule has 0 saturated heterocycles. The lowest BCUT2D eigenvalue weighted by atomic mass is 10.1. The van der Waals surface area contributed by atoms with Gasteiger partial charge in [0, 0.05) is 13.1 Å². The molecule has 0 fully saturated rings. The molecule has 1 N–H and O–H groups in total. The molecule has 1 atom stereocenters. The number of benzene rings is 3. The number of aryl methyl sites for hydroxylation is 1. The summed E-state index contributed by atoms with van der Waals surface area (Å²) in [7, 11) is -4.59. The van der Waals surface area contributed by atoms with Crippen molar-refractivity contribution in [1.29, 1.82) is 0 Å². The Morgan fingerprint density at radius 2 is 1.53 bits per heavy atom. The fourth-order valence-corrected chi connectivity index (χ4v) is 6.25. The minimum atomic E-state index is -4.90. The number of nitrogens with zero attached hydrogens (tertiary/aromatic N) is 2. The Kier molecular flexibility index (Phi) is 11.4. The number of alkyl halides is 3. The molecular weight excluding hydrogens is 650 g/mol. The number of rotatable bonds is 11. The van der Waals surface area contributed by atoms with E-state index < -0.39 is 56.9 Å². The van der Waals surface area contributed by atoms with Gasteiger partial charge in [0.2, 0.25) is 11.8 Å². The largest absolute Gasteiger partial charge is 0.417 e. The Bertz CT molecular complexity index is 1590. The van der Waals surface area contributed by atoms with Crippen LogP contribution in [-0.4, -0.2) is 44.3 Å². The summed E-state index contributed by atoms with van der Waals surface area (Å²) in [5, 5.41) is 2.48. The predicted octanol–water partition coefficient (Wildman–Crippen LogP) is 7.11. The van der Waals surface area contributed by atoms with E-state index in [9.17, 15) is 31.2 Å². The molecule has 0 aromatic heterocycles. The minimum absolute atomic E-state index is 0.156. The summed E-state index contributed by atoms with van der Waals surface area (Å²) in [5.41, 5.74) is -0.479. The van der Waals surface area contributed by atoms with Crippen molar-refractivity contribution in [3.63, 3.8) is 0 Å². The van der Waals surface area contributed by atoms with Crippen molar-refractivity contribution in [3.8, 4) is 0 Å². The van der Waals surface area contributed by atoms with Crippen molar-refractivity contribution in [1.82, 2.24) is 10.2 Å². The molecule has 0 heterocycles. The maximum absolute atomic E-state index is 14.0. The fourth-order valence-electron chi connectivity index (χ4n) is 4.30. The van der Waals surface area contributed by atoms with Gasteiger partial charge in [0.1, 0.15) is 12.6 Å². The quantitative estimate of drug-likeness (QED) is 0.234. The zero-order valence-corrected chi connectivity index (χ0v) is 26.5. The van der Waals surface area contributed by atoms with E-state index in [4.69, 9.17) is 34.8 Å². The van der Waals surface area contributed by atoms with Crippen LogP contribution < -0.4 is 9.62 Å². The monoisotopic (exact) mass is 677 g/mol. The highest BCUT2D eigenvalue weighted by Gasteiger charge is 2.37. The second-order valence-corrected chi connectivity index (χ2v) is 12.7. The Morgan fingerprint density at radius 1 is 0.907 bits per heavy atom. The lowest BCUT2D eigenvalue weighted by Gasteiger charge is -2.33. The summed E-state index contributed by atoms with van der Waals surface area (Å²) in [6.07, 6.45) is -4.75. The van der Waals surface area contributed by atoms with Gasteiger partial charge >= 0.3 is 6.18 Å².